The summed E-state index contributed by atoms with van der Waals surface area (Å²) < 4.78 is 0. The average molecular weight is 372 g/mol. The first-order valence-corrected chi connectivity index (χ1v) is 8.77. The minimum atomic E-state index is 0. The van der Waals surface area contributed by atoms with E-state index in [1.165, 1.54) is 5.56 Å². The first-order valence-electron chi connectivity index (χ1n) is 8.77. The van der Waals surface area contributed by atoms with E-state index in [0.717, 1.165) is 47.5 Å². The third-order valence-corrected chi connectivity index (χ3v) is 4.54. The van der Waals surface area contributed by atoms with Gasteiger partial charge in [0.15, 0.2) is 0 Å². The van der Waals surface area contributed by atoms with Crippen molar-refractivity contribution in [3.63, 3.8) is 0 Å². The van der Waals surface area contributed by atoms with Crippen LogP contribution in [0.4, 0.5) is 11.4 Å². The maximum absolute atomic E-state index is 10.2. The number of fused-ring (bicyclic) bond motifs is 1. The van der Waals surface area contributed by atoms with Crippen molar-refractivity contribution in [2.75, 3.05) is 18.4 Å². The van der Waals surface area contributed by atoms with Crippen molar-refractivity contribution in [2.24, 2.45) is 0 Å². The van der Waals surface area contributed by atoms with Gasteiger partial charge in [0.2, 0.25) is 0 Å². The van der Waals surface area contributed by atoms with E-state index in [2.05, 4.69) is 48.1 Å². The Morgan fingerprint density at radius 3 is 2.54 bits per heavy atom. The Labute approximate surface area is 161 Å². The Bertz CT molecular complexity index is 878. The van der Waals surface area contributed by atoms with Crippen molar-refractivity contribution in [3.05, 3.63) is 59.8 Å². The molecule has 0 saturated heterocycles. The molecular formula is C21H26ClN3O. The van der Waals surface area contributed by atoms with E-state index in [1.807, 2.05) is 30.5 Å². The molecule has 1 aromatic heterocycles. The summed E-state index contributed by atoms with van der Waals surface area (Å²) in [5.41, 5.74) is 5.10. The molecule has 0 fully saturated rings. The van der Waals surface area contributed by atoms with Crippen molar-refractivity contribution < 1.29 is 5.11 Å². The highest BCUT2D eigenvalue weighted by Crippen LogP contribution is 2.29. The fourth-order valence-corrected chi connectivity index (χ4v) is 3.00. The van der Waals surface area contributed by atoms with Gasteiger partial charge in [0.1, 0.15) is 5.75 Å². The molecule has 0 atom stereocenters. The molecule has 0 radical (unpaired) electrons. The zero-order valence-electron chi connectivity index (χ0n) is 15.5. The van der Waals surface area contributed by atoms with Crippen LogP contribution in [0.15, 0.2) is 48.7 Å². The number of rotatable bonds is 6. The molecule has 138 valence electrons. The minimum absolute atomic E-state index is 0. The normalized spacial score (nSPS) is 10.8. The second-order valence-electron chi connectivity index (χ2n) is 6.31. The standard InChI is InChI=1S/C21H25N3O.ClH/c1-4-24(5-2)14-16-13-17(7-9-21(16)25)23-20-10-11-22-19-8-6-15(3)12-18(19)20;/h6-13,25H,4-5,14H2,1-3H3,(H,22,23);1H. The number of phenolic OH excluding ortho intramolecular Hbond substituents is 1. The summed E-state index contributed by atoms with van der Waals surface area (Å²) in [4.78, 5) is 6.71. The van der Waals surface area contributed by atoms with Crippen LogP contribution in [0.5, 0.6) is 5.75 Å². The monoisotopic (exact) mass is 371 g/mol. The van der Waals surface area contributed by atoms with Crippen molar-refractivity contribution >= 4 is 34.7 Å². The Hall–Kier alpha value is -2.30. The zero-order valence-corrected chi connectivity index (χ0v) is 16.3. The predicted octanol–water partition coefficient (Wildman–Crippen LogP) is 5.26. The van der Waals surface area contributed by atoms with Gasteiger partial charge in [-0.3, -0.25) is 9.88 Å². The first kappa shape index (κ1) is 20.0. The van der Waals surface area contributed by atoms with Crippen LogP contribution in [-0.2, 0) is 6.54 Å². The summed E-state index contributed by atoms with van der Waals surface area (Å²) in [5, 5.41) is 14.8. The molecule has 0 aliphatic heterocycles. The number of aromatic nitrogens is 1. The molecule has 0 aliphatic carbocycles. The second-order valence-corrected chi connectivity index (χ2v) is 6.31. The maximum Gasteiger partial charge on any atom is 0.120 e. The fourth-order valence-electron chi connectivity index (χ4n) is 3.00. The van der Waals surface area contributed by atoms with E-state index in [9.17, 15) is 5.11 Å². The molecule has 0 amide bonds. The summed E-state index contributed by atoms with van der Waals surface area (Å²) >= 11 is 0. The molecule has 5 heteroatoms. The molecule has 1 heterocycles. The number of aryl methyl sites for hydroxylation is 1. The third kappa shape index (κ3) is 4.45. The molecule has 0 saturated carbocycles. The molecule has 2 aromatic carbocycles. The van der Waals surface area contributed by atoms with Crippen LogP contribution in [0.25, 0.3) is 10.9 Å². The predicted molar refractivity (Wildman–Crippen MR) is 112 cm³/mol. The van der Waals surface area contributed by atoms with Crippen molar-refractivity contribution in [3.8, 4) is 5.75 Å². The van der Waals surface area contributed by atoms with Crippen LogP contribution in [0.1, 0.15) is 25.0 Å². The lowest BCUT2D eigenvalue weighted by Crippen LogP contribution is -2.22. The molecule has 3 aromatic rings. The zero-order chi connectivity index (χ0) is 17.8. The molecule has 26 heavy (non-hydrogen) atoms. The number of phenols is 1. The SMILES string of the molecule is CCN(CC)Cc1cc(Nc2ccnc3ccc(C)cc23)ccc1O.Cl. The fraction of sp³-hybridized carbons (Fsp3) is 0.286. The van der Waals surface area contributed by atoms with Gasteiger partial charge < -0.3 is 10.4 Å². The van der Waals surface area contributed by atoms with Crippen LogP contribution in [-0.4, -0.2) is 28.1 Å². The van der Waals surface area contributed by atoms with Crippen LogP contribution < -0.4 is 5.32 Å². The molecule has 3 rings (SSSR count). The number of benzene rings is 2. The first-order chi connectivity index (χ1) is 12.1. The lowest BCUT2D eigenvalue weighted by atomic mass is 10.1. The van der Waals surface area contributed by atoms with Gasteiger partial charge in [-0.05, 0) is 56.4 Å². The summed E-state index contributed by atoms with van der Waals surface area (Å²) in [6.45, 7) is 9.01. The molecule has 4 nitrogen and oxygen atoms in total. The number of pyridine rings is 1. The maximum atomic E-state index is 10.2. The highest BCUT2D eigenvalue weighted by molar-refractivity contribution is 5.93. The summed E-state index contributed by atoms with van der Waals surface area (Å²) in [6.07, 6.45) is 1.82. The molecule has 0 unspecified atom stereocenters. The number of hydrogen-bond donors (Lipinski definition) is 2. The molecule has 2 N–H and O–H groups in total. The summed E-state index contributed by atoms with van der Waals surface area (Å²) in [6, 6.07) is 13.9. The van der Waals surface area contributed by atoms with Gasteiger partial charge >= 0.3 is 0 Å². The Balaban J connectivity index is 0.00000243. The Morgan fingerprint density at radius 2 is 1.81 bits per heavy atom. The van der Waals surface area contributed by atoms with Gasteiger partial charge in [0.25, 0.3) is 0 Å². The van der Waals surface area contributed by atoms with E-state index >= 15 is 0 Å². The van der Waals surface area contributed by atoms with Gasteiger partial charge in [0, 0.05) is 35.1 Å². The quantitative estimate of drug-likeness (QED) is 0.580. The van der Waals surface area contributed by atoms with Gasteiger partial charge in [-0.1, -0.05) is 25.5 Å². The lowest BCUT2D eigenvalue weighted by molar-refractivity contribution is 0.291. The lowest BCUT2D eigenvalue weighted by Gasteiger charge is -2.19. The van der Waals surface area contributed by atoms with Crippen LogP contribution in [0.3, 0.4) is 0 Å². The smallest absolute Gasteiger partial charge is 0.120 e. The third-order valence-electron chi connectivity index (χ3n) is 4.54. The number of anilines is 2. The number of aromatic hydroxyl groups is 1. The summed E-state index contributed by atoms with van der Waals surface area (Å²) in [5.74, 6) is 0.341. The van der Waals surface area contributed by atoms with Gasteiger partial charge in [-0.15, -0.1) is 12.4 Å². The molecule has 0 spiro atoms. The van der Waals surface area contributed by atoms with Crippen molar-refractivity contribution in [2.45, 2.75) is 27.3 Å². The Morgan fingerprint density at radius 1 is 1.04 bits per heavy atom. The van der Waals surface area contributed by atoms with Crippen LogP contribution in [0, 0.1) is 6.92 Å². The minimum Gasteiger partial charge on any atom is -0.508 e. The molecule has 0 aliphatic rings. The molecule has 0 bridgehead atoms. The second kappa shape index (κ2) is 8.88. The average Bonchev–Trinajstić information content (AvgIpc) is 2.62. The largest absolute Gasteiger partial charge is 0.508 e. The highest BCUT2D eigenvalue weighted by Gasteiger charge is 2.09. The van der Waals surface area contributed by atoms with Gasteiger partial charge in [-0.2, -0.15) is 0 Å². The van der Waals surface area contributed by atoms with Crippen LogP contribution >= 0.6 is 12.4 Å². The van der Waals surface area contributed by atoms with E-state index in [-0.39, 0.29) is 12.4 Å². The summed E-state index contributed by atoms with van der Waals surface area (Å²) in [7, 11) is 0. The highest BCUT2D eigenvalue weighted by atomic mass is 35.5. The molecular weight excluding hydrogens is 346 g/mol. The topological polar surface area (TPSA) is 48.4 Å². The van der Waals surface area contributed by atoms with E-state index < -0.39 is 0 Å². The van der Waals surface area contributed by atoms with E-state index in [0.29, 0.717) is 5.75 Å². The number of hydrogen-bond acceptors (Lipinski definition) is 4. The Kier molecular flexibility index (Phi) is 6.83. The van der Waals surface area contributed by atoms with E-state index in [4.69, 9.17) is 0 Å². The van der Waals surface area contributed by atoms with Crippen LogP contribution in [0.2, 0.25) is 0 Å². The van der Waals surface area contributed by atoms with Gasteiger partial charge in [-0.25, -0.2) is 0 Å². The number of nitrogens with zero attached hydrogens (tertiary/aromatic N) is 2. The number of nitrogens with one attached hydrogen (secondary N) is 1. The van der Waals surface area contributed by atoms with Crippen molar-refractivity contribution in [1.29, 1.82) is 0 Å². The van der Waals surface area contributed by atoms with E-state index in [1.54, 1.807) is 6.07 Å². The van der Waals surface area contributed by atoms with Crippen molar-refractivity contribution in [1.82, 2.24) is 9.88 Å². The van der Waals surface area contributed by atoms with Gasteiger partial charge in [0.05, 0.1) is 5.52 Å². The number of halogens is 1.